The van der Waals surface area contributed by atoms with E-state index in [2.05, 4.69) is 10.6 Å². The molecular weight excluding hydrogens is 230 g/mol. The first-order valence-corrected chi connectivity index (χ1v) is 6.03. The van der Waals surface area contributed by atoms with Gasteiger partial charge in [-0.15, -0.1) is 0 Å². The molecule has 0 saturated heterocycles. The van der Waals surface area contributed by atoms with Crippen molar-refractivity contribution in [2.24, 2.45) is 5.73 Å². The molecule has 0 heterocycles. The van der Waals surface area contributed by atoms with Crippen molar-refractivity contribution in [1.29, 1.82) is 0 Å². The van der Waals surface area contributed by atoms with Gasteiger partial charge in [-0.05, 0) is 24.6 Å². The molecule has 98 valence electrons. The van der Waals surface area contributed by atoms with Crippen LogP contribution in [0, 0.1) is 0 Å². The number of rotatable bonds is 5. The average molecular weight is 249 g/mol. The molecule has 0 aliphatic heterocycles. The maximum Gasteiger partial charge on any atom is 0.241 e. The summed E-state index contributed by atoms with van der Waals surface area (Å²) in [7, 11) is 0. The van der Waals surface area contributed by atoms with Crippen molar-refractivity contribution >= 4 is 23.2 Å². The highest BCUT2D eigenvalue weighted by atomic mass is 16.2. The number of hydrogen-bond donors (Lipinski definition) is 3. The van der Waals surface area contributed by atoms with Crippen LogP contribution in [0.3, 0.4) is 0 Å². The fraction of sp³-hybridized carbons (Fsp3) is 0.385. The third-order valence-electron chi connectivity index (χ3n) is 2.51. The number of carbonyl (C=O) groups is 2. The van der Waals surface area contributed by atoms with Crippen molar-refractivity contribution in [2.45, 2.75) is 32.7 Å². The number of nitrogens with two attached hydrogens (primary N) is 1. The van der Waals surface area contributed by atoms with E-state index in [-0.39, 0.29) is 11.8 Å². The molecular formula is C13H19N3O2. The number of hydrogen-bond acceptors (Lipinski definition) is 3. The molecule has 2 amide bonds. The van der Waals surface area contributed by atoms with Crippen LogP contribution >= 0.6 is 0 Å². The van der Waals surface area contributed by atoms with Crippen molar-refractivity contribution < 1.29 is 9.59 Å². The smallest absolute Gasteiger partial charge is 0.241 e. The van der Waals surface area contributed by atoms with Gasteiger partial charge < -0.3 is 16.4 Å². The lowest BCUT2D eigenvalue weighted by atomic mass is 10.2. The first-order valence-electron chi connectivity index (χ1n) is 6.03. The highest BCUT2D eigenvalue weighted by Gasteiger charge is 2.11. The normalized spacial score (nSPS) is 11.7. The first-order chi connectivity index (χ1) is 8.56. The average Bonchev–Trinajstić information content (AvgIpc) is 2.37. The van der Waals surface area contributed by atoms with Crippen molar-refractivity contribution in [1.82, 2.24) is 0 Å². The molecule has 0 unspecified atom stereocenters. The van der Waals surface area contributed by atoms with Crippen LogP contribution in [0.25, 0.3) is 0 Å². The summed E-state index contributed by atoms with van der Waals surface area (Å²) in [4.78, 5) is 22.9. The fourth-order valence-electron chi connectivity index (χ4n) is 1.34. The zero-order valence-corrected chi connectivity index (χ0v) is 10.7. The number of nitrogens with one attached hydrogen (secondary N) is 2. The molecule has 0 aliphatic rings. The SMILES string of the molecule is CCC(=O)Nc1cccc(NC(=O)[C@H](N)CC)c1. The Bertz CT molecular complexity index is 432. The van der Waals surface area contributed by atoms with Gasteiger partial charge in [0, 0.05) is 17.8 Å². The van der Waals surface area contributed by atoms with Gasteiger partial charge in [0.15, 0.2) is 0 Å². The molecule has 0 spiro atoms. The standard InChI is InChI=1S/C13H19N3O2/c1-3-11(14)13(18)16-10-7-5-6-9(8-10)15-12(17)4-2/h5-8,11H,3-4,14H2,1-2H3,(H,15,17)(H,16,18)/t11-/m1/s1. The lowest BCUT2D eigenvalue weighted by Gasteiger charge is -2.11. The van der Waals surface area contributed by atoms with Crippen LogP contribution in [0.15, 0.2) is 24.3 Å². The lowest BCUT2D eigenvalue weighted by molar-refractivity contribution is -0.117. The lowest BCUT2D eigenvalue weighted by Crippen LogP contribution is -2.34. The summed E-state index contributed by atoms with van der Waals surface area (Å²) < 4.78 is 0. The van der Waals surface area contributed by atoms with E-state index in [0.29, 0.717) is 24.2 Å². The number of carbonyl (C=O) groups excluding carboxylic acids is 2. The van der Waals surface area contributed by atoms with Crippen LogP contribution in [0.2, 0.25) is 0 Å². The summed E-state index contributed by atoms with van der Waals surface area (Å²) in [6, 6.07) is 6.47. The predicted molar refractivity (Wildman–Crippen MR) is 72.3 cm³/mol. The molecule has 0 aromatic heterocycles. The Hall–Kier alpha value is -1.88. The highest BCUT2D eigenvalue weighted by Crippen LogP contribution is 2.15. The van der Waals surface area contributed by atoms with E-state index in [1.54, 1.807) is 31.2 Å². The molecule has 0 fully saturated rings. The van der Waals surface area contributed by atoms with E-state index in [1.807, 2.05) is 6.92 Å². The largest absolute Gasteiger partial charge is 0.326 e. The second-order valence-corrected chi connectivity index (χ2v) is 3.99. The van der Waals surface area contributed by atoms with Gasteiger partial charge in [0.05, 0.1) is 6.04 Å². The molecule has 4 N–H and O–H groups in total. The van der Waals surface area contributed by atoms with Gasteiger partial charge in [-0.25, -0.2) is 0 Å². The monoisotopic (exact) mass is 249 g/mol. The molecule has 0 aliphatic carbocycles. The summed E-state index contributed by atoms with van der Waals surface area (Å²) in [6.07, 6.45) is 0.995. The Morgan fingerprint density at radius 1 is 1.22 bits per heavy atom. The summed E-state index contributed by atoms with van der Waals surface area (Å²) >= 11 is 0. The molecule has 0 bridgehead atoms. The van der Waals surface area contributed by atoms with E-state index in [4.69, 9.17) is 5.73 Å². The predicted octanol–water partition coefficient (Wildman–Crippen LogP) is 1.71. The van der Waals surface area contributed by atoms with Crippen LogP contribution in [-0.2, 0) is 9.59 Å². The molecule has 18 heavy (non-hydrogen) atoms. The van der Waals surface area contributed by atoms with Crippen LogP contribution in [0.5, 0.6) is 0 Å². The van der Waals surface area contributed by atoms with Crippen LogP contribution < -0.4 is 16.4 Å². The Kier molecular flexibility index (Phi) is 5.32. The Balaban J connectivity index is 2.70. The van der Waals surface area contributed by atoms with Crippen LogP contribution in [0.1, 0.15) is 26.7 Å². The fourth-order valence-corrected chi connectivity index (χ4v) is 1.34. The summed E-state index contributed by atoms with van der Waals surface area (Å²) in [5.74, 6) is -0.291. The maximum absolute atomic E-state index is 11.6. The topological polar surface area (TPSA) is 84.2 Å². The third kappa shape index (κ3) is 4.18. The van der Waals surface area contributed by atoms with E-state index in [9.17, 15) is 9.59 Å². The van der Waals surface area contributed by atoms with Gasteiger partial charge in [-0.3, -0.25) is 9.59 Å². The second-order valence-electron chi connectivity index (χ2n) is 3.99. The van der Waals surface area contributed by atoms with Gasteiger partial charge >= 0.3 is 0 Å². The van der Waals surface area contributed by atoms with E-state index >= 15 is 0 Å². The number of amides is 2. The first kappa shape index (κ1) is 14.2. The highest BCUT2D eigenvalue weighted by molar-refractivity contribution is 5.96. The summed E-state index contributed by atoms with van der Waals surface area (Å²) in [5, 5.41) is 5.44. The summed E-state index contributed by atoms with van der Waals surface area (Å²) in [5.41, 5.74) is 6.90. The molecule has 1 aromatic carbocycles. The molecule has 1 atom stereocenters. The zero-order chi connectivity index (χ0) is 13.5. The van der Waals surface area contributed by atoms with Gasteiger partial charge in [0.1, 0.15) is 0 Å². The molecule has 0 radical (unpaired) electrons. The van der Waals surface area contributed by atoms with Gasteiger partial charge in [0.2, 0.25) is 11.8 Å². The Morgan fingerprint density at radius 2 is 1.83 bits per heavy atom. The van der Waals surface area contributed by atoms with E-state index in [1.165, 1.54) is 0 Å². The molecule has 0 saturated carbocycles. The third-order valence-corrected chi connectivity index (χ3v) is 2.51. The Labute approximate surface area is 107 Å². The summed E-state index contributed by atoms with van der Waals surface area (Å²) in [6.45, 7) is 3.63. The van der Waals surface area contributed by atoms with E-state index in [0.717, 1.165) is 0 Å². The minimum absolute atomic E-state index is 0.0660. The van der Waals surface area contributed by atoms with Gasteiger partial charge in [-0.1, -0.05) is 19.9 Å². The number of benzene rings is 1. The number of anilines is 2. The van der Waals surface area contributed by atoms with Gasteiger partial charge in [0.25, 0.3) is 0 Å². The quantitative estimate of drug-likeness (QED) is 0.742. The molecule has 1 aromatic rings. The zero-order valence-electron chi connectivity index (χ0n) is 10.7. The van der Waals surface area contributed by atoms with Crippen molar-refractivity contribution in [2.75, 3.05) is 10.6 Å². The van der Waals surface area contributed by atoms with Crippen LogP contribution in [0.4, 0.5) is 11.4 Å². The molecule has 1 rings (SSSR count). The van der Waals surface area contributed by atoms with Gasteiger partial charge in [-0.2, -0.15) is 0 Å². The minimum atomic E-state index is -0.515. The second kappa shape index (κ2) is 6.76. The van der Waals surface area contributed by atoms with E-state index < -0.39 is 6.04 Å². The van der Waals surface area contributed by atoms with Crippen molar-refractivity contribution in [3.05, 3.63) is 24.3 Å². The van der Waals surface area contributed by atoms with Crippen molar-refractivity contribution in [3.8, 4) is 0 Å². The molecule has 5 nitrogen and oxygen atoms in total. The maximum atomic E-state index is 11.6. The molecule has 5 heteroatoms. The van der Waals surface area contributed by atoms with Crippen LogP contribution in [-0.4, -0.2) is 17.9 Å². The van der Waals surface area contributed by atoms with Crippen molar-refractivity contribution in [3.63, 3.8) is 0 Å². The Morgan fingerprint density at radius 3 is 2.39 bits per heavy atom. The minimum Gasteiger partial charge on any atom is -0.326 e.